The minimum absolute atomic E-state index is 0.125. The maximum absolute atomic E-state index is 13.3. The summed E-state index contributed by atoms with van der Waals surface area (Å²) >= 11 is 0. The van der Waals surface area contributed by atoms with Crippen molar-refractivity contribution in [3.8, 4) is 28.0 Å². The molecule has 0 unspecified atom stereocenters. The van der Waals surface area contributed by atoms with E-state index < -0.39 is 10.0 Å². The molecule has 0 radical (unpaired) electrons. The summed E-state index contributed by atoms with van der Waals surface area (Å²) in [5.74, 6) is 0.125. The van der Waals surface area contributed by atoms with E-state index in [0.717, 1.165) is 5.56 Å². The maximum atomic E-state index is 13.3. The lowest BCUT2D eigenvalue weighted by atomic mass is 10.0. The van der Waals surface area contributed by atoms with Crippen LogP contribution in [0.1, 0.15) is 0 Å². The Morgan fingerprint density at radius 2 is 1.67 bits per heavy atom. The van der Waals surface area contributed by atoms with Gasteiger partial charge < -0.3 is 9.52 Å². The second kappa shape index (κ2) is 6.89. The summed E-state index contributed by atoms with van der Waals surface area (Å²) in [5, 5.41) is 10.9. The molecule has 148 valence electrons. The van der Waals surface area contributed by atoms with Crippen LogP contribution < -0.4 is 0 Å². The van der Waals surface area contributed by atoms with Crippen molar-refractivity contribution in [2.75, 3.05) is 0 Å². The number of para-hydroxylation sites is 1. The fraction of sp³-hybridized carbons (Fsp3) is 0. The smallest absolute Gasteiger partial charge is 0.269 e. The van der Waals surface area contributed by atoms with Gasteiger partial charge in [-0.3, -0.25) is 0 Å². The predicted molar refractivity (Wildman–Crippen MR) is 114 cm³/mol. The molecule has 3 aromatic heterocycles. The molecule has 0 saturated carbocycles. The molecule has 0 aliphatic carbocycles. The Morgan fingerprint density at radius 1 is 0.900 bits per heavy atom. The average molecular weight is 416 g/mol. The van der Waals surface area contributed by atoms with Crippen LogP contribution in [0.4, 0.5) is 0 Å². The molecule has 0 amide bonds. The van der Waals surface area contributed by atoms with E-state index in [1.807, 2.05) is 12.1 Å². The summed E-state index contributed by atoms with van der Waals surface area (Å²) in [5.41, 5.74) is 3.00. The molecule has 0 aliphatic rings. The zero-order chi connectivity index (χ0) is 20.7. The summed E-state index contributed by atoms with van der Waals surface area (Å²) in [6.45, 7) is 0. The Labute approximate surface area is 172 Å². The van der Waals surface area contributed by atoms with Gasteiger partial charge in [-0.05, 0) is 30.3 Å². The van der Waals surface area contributed by atoms with E-state index in [-0.39, 0.29) is 10.6 Å². The molecular formula is C23H16N2O4S. The van der Waals surface area contributed by atoms with E-state index in [2.05, 4.69) is 4.98 Å². The fourth-order valence-electron chi connectivity index (χ4n) is 3.48. The third-order valence-corrected chi connectivity index (χ3v) is 6.62. The molecule has 6 nitrogen and oxygen atoms in total. The molecule has 7 heteroatoms. The summed E-state index contributed by atoms with van der Waals surface area (Å²) in [6, 6.07) is 18.8. The maximum Gasteiger partial charge on any atom is 0.269 e. The van der Waals surface area contributed by atoms with Crippen molar-refractivity contribution in [1.29, 1.82) is 0 Å². The summed E-state index contributed by atoms with van der Waals surface area (Å²) in [4.78, 5) is 4.64. The van der Waals surface area contributed by atoms with Gasteiger partial charge in [-0.15, -0.1) is 0 Å². The normalized spacial score (nSPS) is 11.7. The molecule has 2 aromatic carbocycles. The minimum Gasteiger partial charge on any atom is -0.507 e. The van der Waals surface area contributed by atoms with Gasteiger partial charge in [-0.1, -0.05) is 36.4 Å². The fourth-order valence-corrected chi connectivity index (χ4v) is 4.83. The molecular weight excluding hydrogens is 400 g/mol. The molecule has 0 spiro atoms. The van der Waals surface area contributed by atoms with E-state index in [0.29, 0.717) is 27.7 Å². The van der Waals surface area contributed by atoms with Gasteiger partial charge >= 0.3 is 0 Å². The number of benzene rings is 2. The van der Waals surface area contributed by atoms with Crippen LogP contribution in [0.15, 0.2) is 101 Å². The first-order valence-corrected chi connectivity index (χ1v) is 10.6. The first-order chi connectivity index (χ1) is 14.6. The van der Waals surface area contributed by atoms with Gasteiger partial charge in [-0.25, -0.2) is 17.4 Å². The molecule has 0 saturated heterocycles. The molecule has 0 fully saturated rings. The molecule has 30 heavy (non-hydrogen) atoms. The second-order valence-corrected chi connectivity index (χ2v) is 8.60. The number of phenols is 1. The molecule has 5 rings (SSSR count). The highest BCUT2D eigenvalue weighted by Crippen LogP contribution is 2.36. The molecule has 0 bridgehead atoms. The number of rotatable bonds is 4. The number of hydrogen-bond donors (Lipinski definition) is 1. The van der Waals surface area contributed by atoms with Gasteiger partial charge in [-0.2, -0.15) is 0 Å². The van der Waals surface area contributed by atoms with Crippen molar-refractivity contribution in [2.45, 2.75) is 4.90 Å². The Hall–Kier alpha value is -3.84. The Morgan fingerprint density at radius 3 is 2.40 bits per heavy atom. The SMILES string of the molecule is O=S(=O)(c1ccccc1)n1cc(-c2ccoc2)c2cc(-c3ccccc3O)cnc21. The van der Waals surface area contributed by atoms with Gasteiger partial charge in [0.1, 0.15) is 5.75 Å². The summed E-state index contributed by atoms with van der Waals surface area (Å²) in [6.07, 6.45) is 6.21. The standard InChI is InChI=1S/C23H16N2O4S/c26-22-9-5-4-8-19(22)17-12-20-21(16-10-11-29-15-16)14-25(23(20)24-13-17)30(27,28)18-6-2-1-3-7-18/h1-15,26H. The topological polar surface area (TPSA) is 85.3 Å². The van der Waals surface area contributed by atoms with Crippen LogP contribution in [0.5, 0.6) is 5.75 Å². The predicted octanol–water partition coefficient (Wildman–Crippen LogP) is 4.91. The van der Waals surface area contributed by atoms with Crippen LogP contribution in [0.3, 0.4) is 0 Å². The van der Waals surface area contributed by atoms with Gasteiger partial charge in [0.25, 0.3) is 10.0 Å². The number of pyridine rings is 1. The van der Waals surface area contributed by atoms with E-state index in [9.17, 15) is 13.5 Å². The zero-order valence-electron chi connectivity index (χ0n) is 15.6. The number of fused-ring (bicyclic) bond motifs is 1. The number of aromatic nitrogens is 2. The highest BCUT2D eigenvalue weighted by atomic mass is 32.2. The third-order valence-electron chi connectivity index (χ3n) is 4.96. The van der Waals surface area contributed by atoms with E-state index >= 15 is 0 Å². The van der Waals surface area contributed by atoms with Gasteiger partial charge in [0, 0.05) is 40.0 Å². The van der Waals surface area contributed by atoms with E-state index in [4.69, 9.17) is 4.42 Å². The quantitative estimate of drug-likeness (QED) is 0.450. The first-order valence-electron chi connectivity index (χ1n) is 9.18. The van der Waals surface area contributed by atoms with E-state index in [1.54, 1.807) is 73.3 Å². The lowest BCUT2D eigenvalue weighted by Crippen LogP contribution is -2.12. The van der Waals surface area contributed by atoms with Crippen LogP contribution in [0, 0.1) is 0 Å². The number of hydrogen-bond acceptors (Lipinski definition) is 5. The van der Waals surface area contributed by atoms with Crippen LogP contribution in [0.2, 0.25) is 0 Å². The number of phenolic OH excluding ortho intramolecular Hbond substituents is 1. The zero-order valence-corrected chi connectivity index (χ0v) is 16.5. The lowest BCUT2D eigenvalue weighted by Gasteiger charge is -2.08. The van der Waals surface area contributed by atoms with Crippen molar-refractivity contribution in [3.63, 3.8) is 0 Å². The Kier molecular flexibility index (Phi) is 4.18. The molecule has 1 N–H and O–H groups in total. The monoisotopic (exact) mass is 416 g/mol. The summed E-state index contributed by atoms with van der Waals surface area (Å²) < 4.78 is 33.0. The van der Waals surface area contributed by atoms with Crippen LogP contribution in [-0.4, -0.2) is 22.5 Å². The number of aromatic hydroxyl groups is 1. The average Bonchev–Trinajstić information content (AvgIpc) is 3.42. The van der Waals surface area contributed by atoms with Gasteiger partial charge in [0.05, 0.1) is 17.4 Å². The molecule has 0 aliphatic heterocycles. The van der Waals surface area contributed by atoms with Crippen LogP contribution in [-0.2, 0) is 10.0 Å². The number of furan rings is 1. The molecule has 3 heterocycles. The number of nitrogens with zero attached hydrogens (tertiary/aromatic N) is 2. The minimum atomic E-state index is -3.85. The van der Waals surface area contributed by atoms with Crippen molar-refractivity contribution >= 4 is 21.1 Å². The lowest BCUT2D eigenvalue weighted by molar-refractivity contribution is 0.477. The highest BCUT2D eigenvalue weighted by molar-refractivity contribution is 7.90. The first kappa shape index (κ1) is 18.2. The highest BCUT2D eigenvalue weighted by Gasteiger charge is 2.23. The van der Waals surface area contributed by atoms with Crippen LogP contribution in [0.25, 0.3) is 33.3 Å². The second-order valence-electron chi connectivity index (χ2n) is 6.78. The van der Waals surface area contributed by atoms with E-state index in [1.165, 1.54) is 10.2 Å². The van der Waals surface area contributed by atoms with Crippen molar-refractivity contribution < 1.29 is 17.9 Å². The molecule has 0 atom stereocenters. The van der Waals surface area contributed by atoms with Crippen molar-refractivity contribution in [2.24, 2.45) is 0 Å². The van der Waals surface area contributed by atoms with Crippen molar-refractivity contribution in [3.05, 3.63) is 91.7 Å². The van der Waals surface area contributed by atoms with Gasteiger partial charge in [0.2, 0.25) is 0 Å². The Bertz CT molecular complexity index is 1450. The summed E-state index contributed by atoms with van der Waals surface area (Å²) in [7, 11) is -3.85. The van der Waals surface area contributed by atoms with Crippen LogP contribution >= 0.6 is 0 Å². The van der Waals surface area contributed by atoms with Crippen molar-refractivity contribution in [1.82, 2.24) is 8.96 Å². The third kappa shape index (κ3) is 2.87. The van der Waals surface area contributed by atoms with Gasteiger partial charge in [0.15, 0.2) is 5.65 Å². The Balaban J connectivity index is 1.79. The molecule has 5 aromatic rings. The largest absolute Gasteiger partial charge is 0.507 e.